The molecule has 1 aliphatic heterocycles. The van der Waals surface area contributed by atoms with E-state index in [2.05, 4.69) is 32.4 Å². The number of phenolic OH excluding ortho intramolecular Hbond substituents is 1. The third-order valence-corrected chi connectivity index (χ3v) is 6.47. The fourth-order valence-corrected chi connectivity index (χ4v) is 4.35. The number of phenols is 1. The third-order valence-electron chi connectivity index (χ3n) is 5.51. The number of benzene rings is 2. The smallest absolute Gasteiger partial charge is 0.257 e. The first-order chi connectivity index (χ1) is 16.3. The lowest BCUT2D eigenvalue weighted by Crippen LogP contribution is -2.17. The van der Waals surface area contributed by atoms with Crippen molar-refractivity contribution in [3.63, 3.8) is 0 Å². The monoisotopic (exact) mass is 481 g/mol. The molecule has 2 N–H and O–H groups in total. The van der Waals surface area contributed by atoms with Gasteiger partial charge in [0.1, 0.15) is 0 Å². The number of aromatic hydroxyl groups is 1. The number of aromatic nitrogens is 1. The van der Waals surface area contributed by atoms with Crippen LogP contribution in [0.25, 0.3) is 10.4 Å². The van der Waals surface area contributed by atoms with Crippen molar-refractivity contribution in [2.24, 2.45) is 5.10 Å². The summed E-state index contributed by atoms with van der Waals surface area (Å²) in [6.45, 7) is 3.41. The number of hydrogen-bond donors (Lipinski definition) is 2. The van der Waals surface area contributed by atoms with Crippen LogP contribution in [0.3, 0.4) is 0 Å². The maximum absolute atomic E-state index is 14.2. The molecule has 3 aromatic rings. The molecule has 176 valence electrons. The summed E-state index contributed by atoms with van der Waals surface area (Å²) in [6, 6.07) is 10.4. The molecule has 0 aliphatic carbocycles. The summed E-state index contributed by atoms with van der Waals surface area (Å²) in [6.07, 6.45) is 5.20. The van der Waals surface area contributed by atoms with Gasteiger partial charge in [-0.05, 0) is 42.7 Å². The van der Waals surface area contributed by atoms with E-state index in [1.165, 1.54) is 44.2 Å². The van der Waals surface area contributed by atoms with Gasteiger partial charge in [0.15, 0.2) is 16.7 Å². The lowest BCUT2D eigenvalue weighted by Gasteiger charge is -2.18. The number of carbonyl (C=O) groups excluding carboxylic acids is 2. The van der Waals surface area contributed by atoms with E-state index in [0.29, 0.717) is 5.13 Å². The van der Waals surface area contributed by atoms with Gasteiger partial charge >= 0.3 is 0 Å². The van der Waals surface area contributed by atoms with Crippen molar-refractivity contribution < 1.29 is 19.1 Å². The van der Waals surface area contributed by atoms with Gasteiger partial charge in [0.2, 0.25) is 5.91 Å². The summed E-state index contributed by atoms with van der Waals surface area (Å²) in [5, 5.41) is 17.9. The number of rotatable bonds is 6. The second kappa shape index (κ2) is 10.0. The van der Waals surface area contributed by atoms with Crippen LogP contribution >= 0.6 is 11.3 Å². The van der Waals surface area contributed by atoms with Gasteiger partial charge in [-0.3, -0.25) is 14.9 Å². The summed E-state index contributed by atoms with van der Waals surface area (Å²) in [4.78, 5) is 31.6. The van der Waals surface area contributed by atoms with Crippen LogP contribution in [0.4, 0.5) is 15.2 Å². The topological polar surface area (TPSA) is 98.1 Å². The van der Waals surface area contributed by atoms with E-state index in [1.54, 1.807) is 6.20 Å². The Hall–Kier alpha value is -3.79. The van der Waals surface area contributed by atoms with Gasteiger partial charge in [-0.15, -0.1) is 0 Å². The molecule has 1 fully saturated rings. The molecule has 10 heteroatoms. The molecule has 0 atom stereocenters. The minimum absolute atomic E-state index is 0.0185. The summed E-state index contributed by atoms with van der Waals surface area (Å²) < 4.78 is 14.2. The molecule has 0 spiro atoms. The number of halogens is 1. The van der Waals surface area contributed by atoms with Crippen LogP contribution < -0.4 is 10.2 Å². The molecule has 1 aromatic heterocycles. The van der Waals surface area contributed by atoms with E-state index in [0.717, 1.165) is 46.5 Å². The van der Waals surface area contributed by atoms with E-state index >= 15 is 0 Å². The van der Waals surface area contributed by atoms with Crippen LogP contribution in [-0.4, -0.2) is 53.3 Å². The molecular weight excluding hydrogens is 457 g/mol. The average molecular weight is 482 g/mol. The highest BCUT2D eigenvalue weighted by atomic mass is 32.1. The molecular formula is C24H24FN5O3S. The quantitative estimate of drug-likeness (QED) is 0.404. The van der Waals surface area contributed by atoms with Gasteiger partial charge in [0.25, 0.3) is 5.91 Å². The van der Waals surface area contributed by atoms with Crippen molar-refractivity contribution in [3.8, 4) is 16.2 Å². The molecule has 34 heavy (non-hydrogen) atoms. The van der Waals surface area contributed by atoms with Gasteiger partial charge in [0.05, 0.1) is 11.1 Å². The predicted octanol–water partition coefficient (Wildman–Crippen LogP) is 4.32. The van der Waals surface area contributed by atoms with E-state index in [4.69, 9.17) is 0 Å². The number of amides is 2. The van der Waals surface area contributed by atoms with Crippen LogP contribution in [0.2, 0.25) is 0 Å². The molecule has 2 heterocycles. The van der Waals surface area contributed by atoms with Gasteiger partial charge in [-0.25, -0.2) is 14.4 Å². The van der Waals surface area contributed by atoms with Crippen molar-refractivity contribution in [2.45, 2.75) is 19.8 Å². The first-order valence-corrected chi connectivity index (χ1v) is 11.6. The summed E-state index contributed by atoms with van der Waals surface area (Å²) in [5.74, 6) is -2.55. The maximum atomic E-state index is 14.2. The van der Waals surface area contributed by atoms with Crippen LogP contribution in [0.5, 0.6) is 5.75 Å². The maximum Gasteiger partial charge on any atom is 0.257 e. The lowest BCUT2D eigenvalue weighted by molar-refractivity contribution is -0.127. The number of hydrazone groups is 1. The van der Waals surface area contributed by atoms with Crippen molar-refractivity contribution >= 4 is 40.2 Å². The first-order valence-electron chi connectivity index (χ1n) is 10.7. The highest BCUT2D eigenvalue weighted by Gasteiger charge is 2.17. The molecule has 1 aliphatic rings. The zero-order chi connectivity index (χ0) is 24.2. The SMILES string of the molecule is CC(=O)N(C)/N=C/c1cc(C(=O)Nc2ncc(-c3cccc(N4CCCC4)c3)s2)cc(F)c1O. The number of hydrogen-bond acceptors (Lipinski definition) is 7. The van der Waals surface area contributed by atoms with Crippen LogP contribution in [0.1, 0.15) is 35.7 Å². The summed E-state index contributed by atoms with van der Waals surface area (Å²) in [7, 11) is 1.42. The van der Waals surface area contributed by atoms with E-state index in [-0.39, 0.29) is 17.0 Å². The number of anilines is 2. The number of thiazole rings is 1. The van der Waals surface area contributed by atoms with Crippen LogP contribution in [0.15, 0.2) is 47.7 Å². The minimum atomic E-state index is -0.974. The van der Waals surface area contributed by atoms with E-state index in [1.807, 2.05) is 12.1 Å². The average Bonchev–Trinajstić information content (AvgIpc) is 3.52. The molecule has 8 nitrogen and oxygen atoms in total. The molecule has 4 rings (SSSR count). The van der Waals surface area contributed by atoms with Crippen molar-refractivity contribution in [1.29, 1.82) is 0 Å². The Labute approximate surface area is 200 Å². The molecule has 0 bridgehead atoms. The predicted molar refractivity (Wildman–Crippen MR) is 131 cm³/mol. The Bertz CT molecular complexity index is 1250. The summed E-state index contributed by atoms with van der Waals surface area (Å²) in [5.41, 5.74) is 2.12. The van der Waals surface area contributed by atoms with Crippen LogP contribution in [-0.2, 0) is 4.79 Å². The van der Waals surface area contributed by atoms with E-state index < -0.39 is 17.5 Å². The van der Waals surface area contributed by atoms with Gasteiger partial charge < -0.3 is 10.0 Å². The zero-order valence-electron chi connectivity index (χ0n) is 18.8. The minimum Gasteiger partial charge on any atom is -0.504 e. The molecule has 0 unspecified atom stereocenters. The molecule has 1 saturated heterocycles. The van der Waals surface area contributed by atoms with Crippen molar-refractivity contribution in [3.05, 3.63) is 59.5 Å². The number of nitrogens with one attached hydrogen (secondary N) is 1. The molecule has 2 aromatic carbocycles. The first kappa shape index (κ1) is 23.4. The van der Waals surface area contributed by atoms with Crippen LogP contribution in [0, 0.1) is 5.82 Å². The Balaban J connectivity index is 1.51. The Morgan fingerprint density at radius 2 is 2.03 bits per heavy atom. The van der Waals surface area contributed by atoms with Gasteiger partial charge in [0, 0.05) is 50.1 Å². The standard InChI is InChI=1S/C24H24FN5O3S/c1-15(31)29(2)27-13-18-10-17(12-20(25)22(18)32)23(33)28-24-26-14-21(34-24)16-6-5-7-19(11-16)30-8-3-4-9-30/h5-7,10-14,32H,3-4,8-9H2,1-2H3,(H,26,28,33)/b27-13+. The Kier molecular flexibility index (Phi) is 6.87. The van der Waals surface area contributed by atoms with Gasteiger partial charge in [-0.2, -0.15) is 5.10 Å². The highest BCUT2D eigenvalue weighted by Crippen LogP contribution is 2.32. The van der Waals surface area contributed by atoms with Gasteiger partial charge in [-0.1, -0.05) is 23.5 Å². The zero-order valence-corrected chi connectivity index (χ0v) is 19.6. The molecule has 0 saturated carbocycles. The largest absolute Gasteiger partial charge is 0.504 e. The summed E-state index contributed by atoms with van der Waals surface area (Å²) >= 11 is 1.31. The fourth-order valence-electron chi connectivity index (χ4n) is 3.55. The number of carbonyl (C=O) groups is 2. The van der Waals surface area contributed by atoms with Crippen molar-refractivity contribution in [2.75, 3.05) is 30.4 Å². The fraction of sp³-hybridized carbons (Fsp3) is 0.250. The molecule has 0 radical (unpaired) electrons. The second-order valence-electron chi connectivity index (χ2n) is 7.91. The Morgan fingerprint density at radius 3 is 2.76 bits per heavy atom. The second-order valence-corrected chi connectivity index (χ2v) is 8.94. The third kappa shape index (κ3) is 5.23. The highest BCUT2D eigenvalue weighted by molar-refractivity contribution is 7.19. The normalized spacial score (nSPS) is 13.4. The van der Waals surface area contributed by atoms with Crippen molar-refractivity contribution in [1.82, 2.24) is 9.99 Å². The van der Waals surface area contributed by atoms with E-state index in [9.17, 15) is 19.1 Å². The number of nitrogens with zero attached hydrogens (tertiary/aromatic N) is 4. The Morgan fingerprint density at radius 1 is 1.26 bits per heavy atom. The lowest BCUT2D eigenvalue weighted by atomic mass is 10.1. The molecule has 2 amide bonds.